The van der Waals surface area contributed by atoms with Gasteiger partial charge >= 0.3 is 0 Å². The molecule has 6 fully saturated rings. The van der Waals surface area contributed by atoms with Gasteiger partial charge in [0.2, 0.25) is 11.8 Å². The third-order valence-corrected chi connectivity index (χ3v) is 14.3. The van der Waals surface area contributed by atoms with E-state index in [0.29, 0.717) is 17.0 Å². The lowest BCUT2D eigenvalue weighted by molar-refractivity contribution is -0.136. The van der Waals surface area contributed by atoms with Crippen molar-refractivity contribution in [2.75, 3.05) is 75.2 Å². The Labute approximate surface area is 342 Å². The van der Waals surface area contributed by atoms with E-state index in [9.17, 15) is 19.2 Å². The summed E-state index contributed by atoms with van der Waals surface area (Å²) in [4.78, 5) is 71.0. The highest BCUT2D eigenvalue weighted by Crippen LogP contribution is 2.53. The lowest BCUT2D eigenvalue weighted by Crippen LogP contribution is -2.54. The van der Waals surface area contributed by atoms with Gasteiger partial charge < -0.3 is 24.3 Å². The van der Waals surface area contributed by atoms with Crippen molar-refractivity contribution in [1.29, 1.82) is 0 Å². The van der Waals surface area contributed by atoms with E-state index in [0.717, 1.165) is 147 Å². The minimum atomic E-state index is -0.951. The molecule has 4 amide bonds. The molecule has 59 heavy (non-hydrogen) atoms. The van der Waals surface area contributed by atoms with Crippen molar-refractivity contribution in [3.63, 3.8) is 0 Å². The zero-order valence-corrected chi connectivity index (χ0v) is 33.4. The minimum Gasteiger partial charge on any atom is -0.488 e. The van der Waals surface area contributed by atoms with Crippen molar-refractivity contribution in [3.8, 4) is 17.1 Å². The number of benzene rings is 2. The van der Waals surface area contributed by atoms with Crippen LogP contribution in [0.3, 0.4) is 0 Å². The van der Waals surface area contributed by atoms with Crippen molar-refractivity contribution in [1.82, 2.24) is 40.2 Å². The molecule has 11 rings (SSSR count). The standard InChI is InChI=1S/C44H50N10O5/c1-44(10-11-44)59-28-3-5-35-31(19-28)40(49-48-35)36-20-38(46-25-45-36)53-23-33-32(34(33)24-53)22-51-16-14-50(15-17-51)21-26-8-12-52(13-9-26)27-2-4-29-30(18-27)43(58)54(42(29)57)37-6-7-39(55)47-41(37)56/h2-5,18-20,25-26,32-34,37H,6-17,21-24H2,1H3,(H,48,49)(H,47,55,56). The van der Waals surface area contributed by atoms with Gasteiger partial charge in [0.15, 0.2) is 0 Å². The molecule has 0 spiro atoms. The number of anilines is 2. The number of aromatic nitrogens is 4. The SMILES string of the molecule is CC1(Oc2ccc3[nH]nc(-c4cc(N5CC6C(CN7CCN(CC8CCN(c9ccc%10c(c9)C(=O)N(C9CCC(=O)NC9=O)C%10=O)CC8)CC7)C6C5)ncn4)c3c2)CC1. The number of fused-ring (bicyclic) bond motifs is 3. The van der Waals surface area contributed by atoms with Crippen molar-refractivity contribution in [2.45, 2.75) is 57.1 Å². The van der Waals surface area contributed by atoms with Gasteiger partial charge in [0, 0.05) is 89.0 Å². The molecule has 0 radical (unpaired) electrons. The highest BCUT2D eigenvalue weighted by molar-refractivity contribution is 6.23. The molecule has 2 saturated carbocycles. The Morgan fingerprint density at radius 1 is 0.797 bits per heavy atom. The molecule has 15 heteroatoms. The zero-order valence-electron chi connectivity index (χ0n) is 33.4. The number of carbonyl (C=O) groups is 4. The van der Waals surface area contributed by atoms with Crippen molar-refractivity contribution in [3.05, 3.63) is 59.9 Å². The summed E-state index contributed by atoms with van der Waals surface area (Å²) >= 11 is 0. The first kappa shape index (κ1) is 36.7. The predicted molar refractivity (Wildman–Crippen MR) is 219 cm³/mol. The summed E-state index contributed by atoms with van der Waals surface area (Å²) in [5.74, 6) is 2.80. The van der Waals surface area contributed by atoms with Crippen LogP contribution in [0.4, 0.5) is 11.5 Å². The molecule has 2 aromatic heterocycles. The fourth-order valence-corrected chi connectivity index (χ4v) is 10.4. The fourth-order valence-electron chi connectivity index (χ4n) is 10.4. The third-order valence-electron chi connectivity index (χ3n) is 14.3. The fraction of sp³-hybridized carbons (Fsp3) is 0.523. The number of hydrogen-bond acceptors (Lipinski definition) is 12. The molecular formula is C44H50N10O5. The van der Waals surface area contributed by atoms with Crippen molar-refractivity contribution >= 4 is 46.0 Å². The number of nitrogens with one attached hydrogen (secondary N) is 2. The summed E-state index contributed by atoms with van der Waals surface area (Å²) in [6.45, 7) is 12.8. The Balaban J connectivity index is 0.630. The summed E-state index contributed by atoms with van der Waals surface area (Å²) in [6.07, 6.45) is 6.28. The van der Waals surface area contributed by atoms with Gasteiger partial charge in [-0.25, -0.2) is 9.97 Å². The largest absolute Gasteiger partial charge is 0.488 e. The van der Waals surface area contributed by atoms with E-state index in [1.54, 1.807) is 12.4 Å². The highest BCUT2D eigenvalue weighted by atomic mass is 16.5. The number of amides is 4. The Bertz CT molecular complexity index is 2350. The van der Waals surface area contributed by atoms with Gasteiger partial charge in [0.1, 0.15) is 35.2 Å². The molecule has 5 aliphatic heterocycles. The molecule has 7 aliphatic rings. The van der Waals surface area contributed by atoms with Crippen LogP contribution >= 0.6 is 0 Å². The van der Waals surface area contributed by atoms with Crippen LogP contribution in [0.5, 0.6) is 5.75 Å². The van der Waals surface area contributed by atoms with Gasteiger partial charge in [-0.3, -0.25) is 34.5 Å². The van der Waals surface area contributed by atoms with Gasteiger partial charge in [-0.15, -0.1) is 0 Å². The van der Waals surface area contributed by atoms with Crippen LogP contribution < -0.4 is 19.9 Å². The molecule has 0 bridgehead atoms. The molecule has 3 unspecified atom stereocenters. The van der Waals surface area contributed by atoms with Gasteiger partial charge in [0.05, 0.1) is 22.3 Å². The van der Waals surface area contributed by atoms with Crippen LogP contribution in [-0.2, 0) is 9.59 Å². The molecule has 4 aromatic rings. The second kappa shape index (κ2) is 14.1. The average Bonchev–Trinajstić information content (AvgIpc) is 3.90. The summed E-state index contributed by atoms with van der Waals surface area (Å²) in [6, 6.07) is 12.7. The van der Waals surface area contributed by atoms with Gasteiger partial charge in [0.25, 0.3) is 11.8 Å². The number of piperazine rings is 1. The molecule has 7 heterocycles. The maximum Gasteiger partial charge on any atom is 0.262 e. The van der Waals surface area contributed by atoms with E-state index < -0.39 is 23.8 Å². The monoisotopic (exact) mass is 798 g/mol. The number of hydrogen-bond donors (Lipinski definition) is 2. The first-order valence-electron chi connectivity index (χ1n) is 21.5. The van der Waals surface area contributed by atoms with Gasteiger partial charge in [-0.05, 0) is 99.1 Å². The number of aromatic amines is 1. The first-order valence-corrected chi connectivity index (χ1v) is 21.5. The maximum atomic E-state index is 13.4. The van der Waals surface area contributed by atoms with Crippen LogP contribution in [0.25, 0.3) is 22.3 Å². The topological polar surface area (TPSA) is 160 Å². The van der Waals surface area contributed by atoms with Crippen LogP contribution in [0.15, 0.2) is 48.8 Å². The number of ether oxygens (including phenoxy) is 1. The Hall–Kier alpha value is -5.41. The second-order valence-electron chi connectivity index (χ2n) is 18.2. The van der Waals surface area contributed by atoms with Crippen LogP contribution in [0.1, 0.15) is 66.2 Å². The highest BCUT2D eigenvalue weighted by Gasteiger charge is 2.56. The van der Waals surface area contributed by atoms with Crippen LogP contribution in [0, 0.1) is 23.7 Å². The Morgan fingerprint density at radius 3 is 2.29 bits per heavy atom. The second-order valence-corrected chi connectivity index (χ2v) is 18.2. The summed E-state index contributed by atoms with van der Waals surface area (Å²) in [7, 11) is 0. The third kappa shape index (κ3) is 6.81. The van der Waals surface area contributed by atoms with E-state index in [4.69, 9.17) is 4.74 Å². The Kier molecular flexibility index (Phi) is 8.77. The lowest BCUT2D eigenvalue weighted by Gasteiger charge is -2.39. The van der Waals surface area contributed by atoms with E-state index in [1.165, 1.54) is 6.54 Å². The first-order chi connectivity index (χ1) is 28.7. The number of rotatable bonds is 10. The molecule has 4 saturated heterocycles. The summed E-state index contributed by atoms with van der Waals surface area (Å²) < 4.78 is 6.23. The normalized spacial score (nSPS) is 27.0. The number of nitrogens with zero attached hydrogens (tertiary/aromatic N) is 8. The van der Waals surface area contributed by atoms with E-state index >= 15 is 0 Å². The number of H-pyrrole nitrogens is 1. The number of piperidine rings is 3. The molecule has 2 aliphatic carbocycles. The van der Waals surface area contributed by atoms with E-state index in [2.05, 4.69) is 64.1 Å². The van der Waals surface area contributed by atoms with Crippen molar-refractivity contribution < 1.29 is 23.9 Å². The molecule has 306 valence electrons. The minimum absolute atomic E-state index is 0.0397. The lowest BCUT2D eigenvalue weighted by atomic mass is 9.95. The maximum absolute atomic E-state index is 13.4. The molecule has 3 atom stereocenters. The average molecular weight is 799 g/mol. The quantitative estimate of drug-likeness (QED) is 0.225. The zero-order chi connectivity index (χ0) is 40.0. The van der Waals surface area contributed by atoms with E-state index in [-0.39, 0.29) is 24.3 Å². The summed E-state index contributed by atoms with van der Waals surface area (Å²) in [5, 5.41) is 11.1. The van der Waals surface area contributed by atoms with Gasteiger partial charge in [-0.1, -0.05) is 0 Å². The number of imide groups is 2. The smallest absolute Gasteiger partial charge is 0.262 e. The van der Waals surface area contributed by atoms with Crippen LogP contribution in [0.2, 0.25) is 0 Å². The summed E-state index contributed by atoms with van der Waals surface area (Å²) in [5.41, 5.74) is 4.19. The predicted octanol–water partition coefficient (Wildman–Crippen LogP) is 3.57. The molecular weight excluding hydrogens is 749 g/mol. The molecule has 2 aromatic carbocycles. The van der Waals surface area contributed by atoms with Gasteiger partial charge in [-0.2, -0.15) is 5.10 Å². The van der Waals surface area contributed by atoms with E-state index in [1.807, 2.05) is 24.3 Å². The van der Waals surface area contributed by atoms with Crippen LogP contribution in [-0.4, -0.2) is 136 Å². The molecule has 15 nitrogen and oxygen atoms in total. The van der Waals surface area contributed by atoms with Crippen molar-refractivity contribution in [2.24, 2.45) is 23.7 Å². The Morgan fingerprint density at radius 2 is 1.54 bits per heavy atom. The molecule has 2 N–H and O–H groups in total. The number of carbonyl (C=O) groups excluding carboxylic acids is 4.